The number of aromatic nitrogens is 2. The van der Waals surface area contributed by atoms with Gasteiger partial charge in [-0.05, 0) is 62.5 Å². The van der Waals surface area contributed by atoms with Crippen molar-refractivity contribution >= 4 is 27.0 Å². The summed E-state index contributed by atoms with van der Waals surface area (Å²) in [5.41, 5.74) is 1.66. The summed E-state index contributed by atoms with van der Waals surface area (Å²) in [6, 6.07) is 10.8. The van der Waals surface area contributed by atoms with Gasteiger partial charge in [0.25, 0.3) is 0 Å². The fourth-order valence-electron chi connectivity index (χ4n) is 4.99. The molecule has 0 aliphatic carbocycles. The van der Waals surface area contributed by atoms with E-state index in [-0.39, 0.29) is 22.9 Å². The number of nitrogens with one attached hydrogen (secondary N) is 2. The van der Waals surface area contributed by atoms with E-state index in [9.17, 15) is 12.8 Å². The number of nitrogens with zero attached hydrogens (tertiary/aromatic N) is 4. The lowest BCUT2D eigenvalue weighted by molar-refractivity contribution is 0.495. The van der Waals surface area contributed by atoms with Crippen LogP contribution in [0.2, 0.25) is 0 Å². The van der Waals surface area contributed by atoms with Gasteiger partial charge in [0.2, 0.25) is 5.69 Å². The lowest BCUT2D eigenvalue weighted by atomic mass is 10.0. The SMILES string of the molecule is [C-]#[N+]c1ccc(-c2cc(NC[C@@H]3CCCNCC3)nn2-c2ccc(N3CCS(=O)(=O)CC3)cc2F)cc1F. The van der Waals surface area contributed by atoms with E-state index in [0.717, 1.165) is 38.9 Å². The first-order valence-electron chi connectivity index (χ1n) is 12.8. The molecule has 2 aromatic carbocycles. The van der Waals surface area contributed by atoms with Crippen LogP contribution in [0.3, 0.4) is 0 Å². The van der Waals surface area contributed by atoms with Crippen LogP contribution in [0.1, 0.15) is 19.3 Å². The largest absolute Gasteiger partial charge is 0.369 e. The third-order valence-corrected chi connectivity index (χ3v) is 8.82. The van der Waals surface area contributed by atoms with Crippen molar-refractivity contribution in [3.63, 3.8) is 0 Å². The molecule has 0 bridgehead atoms. The zero-order chi connectivity index (χ0) is 26.7. The van der Waals surface area contributed by atoms with Gasteiger partial charge in [-0.1, -0.05) is 12.1 Å². The smallest absolute Gasteiger partial charge is 0.222 e. The van der Waals surface area contributed by atoms with E-state index in [0.29, 0.717) is 41.8 Å². The fourth-order valence-corrected chi connectivity index (χ4v) is 6.19. The number of hydrogen-bond donors (Lipinski definition) is 2. The van der Waals surface area contributed by atoms with Gasteiger partial charge in [0, 0.05) is 37.0 Å². The second-order valence-corrected chi connectivity index (χ2v) is 12.1. The first-order valence-corrected chi connectivity index (χ1v) is 14.6. The van der Waals surface area contributed by atoms with Crippen LogP contribution in [0, 0.1) is 24.1 Å². The summed E-state index contributed by atoms with van der Waals surface area (Å²) in [6.07, 6.45) is 3.27. The molecular weight excluding hydrogens is 510 g/mol. The van der Waals surface area contributed by atoms with Crippen LogP contribution < -0.4 is 15.5 Å². The fraction of sp³-hybridized carbons (Fsp3) is 0.407. The van der Waals surface area contributed by atoms with Crippen molar-refractivity contribution in [2.24, 2.45) is 5.92 Å². The molecule has 11 heteroatoms. The van der Waals surface area contributed by atoms with Crippen LogP contribution in [0.4, 0.5) is 26.0 Å². The summed E-state index contributed by atoms with van der Waals surface area (Å²) in [4.78, 5) is 5.04. The molecule has 3 heterocycles. The molecule has 3 aromatic rings. The third kappa shape index (κ3) is 5.81. The van der Waals surface area contributed by atoms with Gasteiger partial charge >= 0.3 is 0 Å². The zero-order valence-corrected chi connectivity index (χ0v) is 21.8. The van der Waals surface area contributed by atoms with Gasteiger partial charge in [-0.2, -0.15) is 0 Å². The molecule has 2 aliphatic rings. The molecule has 0 saturated carbocycles. The standard InChI is InChI=1S/C27H30F2N6O2S/c1-30-24-6-4-20(15-22(24)28)26-17-27(32-18-19-3-2-9-31-10-8-19)33-35(26)25-7-5-21(16-23(25)29)34-11-13-38(36,37)14-12-34/h4-7,15-17,19,31H,2-3,8-14,18H2,(H,32,33)/t19-/m1/s1. The molecule has 2 N–H and O–H groups in total. The number of rotatable bonds is 6. The average molecular weight is 541 g/mol. The van der Waals surface area contributed by atoms with Gasteiger partial charge in [0.15, 0.2) is 15.7 Å². The van der Waals surface area contributed by atoms with Crippen LogP contribution in [-0.2, 0) is 9.84 Å². The summed E-state index contributed by atoms with van der Waals surface area (Å²) in [5.74, 6) is -0.0629. The maximum atomic E-state index is 15.5. The van der Waals surface area contributed by atoms with E-state index in [4.69, 9.17) is 6.57 Å². The molecule has 0 spiro atoms. The molecule has 1 atom stereocenters. The summed E-state index contributed by atoms with van der Waals surface area (Å²) >= 11 is 0. The van der Waals surface area contributed by atoms with E-state index in [1.54, 1.807) is 24.3 Å². The van der Waals surface area contributed by atoms with Crippen molar-refractivity contribution in [3.05, 3.63) is 65.5 Å². The number of anilines is 2. The van der Waals surface area contributed by atoms with Crippen LogP contribution >= 0.6 is 0 Å². The normalized spacial score (nSPS) is 19.5. The number of halogens is 2. The van der Waals surface area contributed by atoms with E-state index in [1.807, 2.05) is 4.90 Å². The van der Waals surface area contributed by atoms with Gasteiger partial charge in [-0.3, -0.25) is 0 Å². The number of sulfone groups is 1. The second-order valence-electron chi connectivity index (χ2n) is 9.81. The highest BCUT2D eigenvalue weighted by Gasteiger charge is 2.23. The van der Waals surface area contributed by atoms with Gasteiger partial charge in [0.05, 0.1) is 23.8 Å². The predicted molar refractivity (Wildman–Crippen MR) is 145 cm³/mol. The Hall–Kier alpha value is -3.49. The van der Waals surface area contributed by atoms with E-state index in [2.05, 4.69) is 20.6 Å². The highest BCUT2D eigenvalue weighted by Crippen LogP contribution is 2.32. The maximum Gasteiger partial charge on any atom is 0.222 e. The van der Waals surface area contributed by atoms with Crippen molar-refractivity contribution in [2.75, 3.05) is 54.4 Å². The van der Waals surface area contributed by atoms with Crippen molar-refractivity contribution < 1.29 is 17.2 Å². The van der Waals surface area contributed by atoms with Crippen LogP contribution in [0.5, 0.6) is 0 Å². The van der Waals surface area contributed by atoms with Gasteiger partial charge in [-0.15, -0.1) is 5.10 Å². The lowest BCUT2D eigenvalue weighted by Gasteiger charge is -2.29. The summed E-state index contributed by atoms with van der Waals surface area (Å²) in [5, 5.41) is 11.4. The van der Waals surface area contributed by atoms with Crippen LogP contribution in [0.15, 0.2) is 42.5 Å². The predicted octanol–water partition coefficient (Wildman–Crippen LogP) is 4.40. The molecule has 0 amide bonds. The van der Waals surface area contributed by atoms with Gasteiger partial charge in [-0.25, -0.2) is 26.7 Å². The van der Waals surface area contributed by atoms with Crippen molar-refractivity contribution in [2.45, 2.75) is 19.3 Å². The molecule has 1 aromatic heterocycles. The highest BCUT2D eigenvalue weighted by atomic mass is 32.2. The second kappa shape index (κ2) is 11.1. The summed E-state index contributed by atoms with van der Waals surface area (Å²) in [6.45, 7) is 10.5. The summed E-state index contributed by atoms with van der Waals surface area (Å²) < 4.78 is 55.0. The Morgan fingerprint density at radius 3 is 2.61 bits per heavy atom. The topological polar surface area (TPSA) is 83.6 Å². The van der Waals surface area contributed by atoms with Gasteiger partial charge in [0.1, 0.15) is 17.3 Å². The van der Waals surface area contributed by atoms with Crippen molar-refractivity contribution in [3.8, 4) is 16.9 Å². The molecule has 2 fully saturated rings. The quantitative estimate of drug-likeness (QED) is 0.451. The Morgan fingerprint density at radius 1 is 1.05 bits per heavy atom. The molecule has 8 nitrogen and oxygen atoms in total. The molecule has 2 saturated heterocycles. The minimum atomic E-state index is -3.05. The Kier molecular flexibility index (Phi) is 7.63. The Morgan fingerprint density at radius 2 is 1.87 bits per heavy atom. The minimum absolute atomic E-state index is 0.0396. The molecule has 0 unspecified atom stereocenters. The number of benzene rings is 2. The Balaban J connectivity index is 1.46. The van der Waals surface area contributed by atoms with E-state index < -0.39 is 21.5 Å². The minimum Gasteiger partial charge on any atom is -0.369 e. The Labute approximate surface area is 221 Å². The highest BCUT2D eigenvalue weighted by molar-refractivity contribution is 7.91. The summed E-state index contributed by atoms with van der Waals surface area (Å²) in [7, 11) is -3.05. The van der Waals surface area contributed by atoms with Gasteiger partial charge < -0.3 is 15.5 Å². The molecule has 200 valence electrons. The van der Waals surface area contributed by atoms with Crippen molar-refractivity contribution in [1.29, 1.82) is 0 Å². The first-order chi connectivity index (χ1) is 18.3. The molecule has 38 heavy (non-hydrogen) atoms. The number of hydrogen-bond acceptors (Lipinski definition) is 6. The van der Waals surface area contributed by atoms with E-state index in [1.165, 1.54) is 22.9 Å². The molecular formula is C27H30F2N6O2S. The lowest BCUT2D eigenvalue weighted by Crippen LogP contribution is -2.40. The van der Waals surface area contributed by atoms with E-state index >= 15 is 4.39 Å². The molecule has 0 radical (unpaired) electrons. The molecule has 2 aliphatic heterocycles. The van der Waals surface area contributed by atoms with Crippen molar-refractivity contribution in [1.82, 2.24) is 15.1 Å². The van der Waals surface area contributed by atoms with Crippen LogP contribution in [-0.4, -0.2) is 62.4 Å². The molecule has 5 rings (SSSR count). The maximum absolute atomic E-state index is 15.5. The Bertz CT molecular complexity index is 1440. The first kappa shape index (κ1) is 26.1. The average Bonchev–Trinajstić information content (AvgIpc) is 3.14. The third-order valence-electron chi connectivity index (χ3n) is 7.21. The monoisotopic (exact) mass is 540 g/mol. The van der Waals surface area contributed by atoms with Crippen LogP contribution in [0.25, 0.3) is 21.8 Å². The zero-order valence-electron chi connectivity index (χ0n) is 21.0.